The van der Waals surface area contributed by atoms with Crippen molar-refractivity contribution in [3.05, 3.63) is 64.1 Å². The van der Waals surface area contributed by atoms with Crippen molar-refractivity contribution in [2.45, 2.75) is 40.4 Å². The Morgan fingerprint density at radius 3 is 2.74 bits per heavy atom. The molecule has 1 aromatic carbocycles. The van der Waals surface area contributed by atoms with Crippen LogP contribution in [0.4, 0.5) is 5.82 Å². The summed E-state index contributed by atoms with van der Waals surface area (Å²) < 4.78 is 3.84. The monoisotopic (exact) mass is 402 g/mol. The van der Waals surface area contributed by atoms with E-state index in [0.717, 1.165) is 34.1 Å². The van der Waals surface area contributed by atoms with Gasteiger partial charge in [-0.3, -0.25) is 9.36 Å². The number of benzene rings is 1. The van der Waals surface area contributed by atoms with Gasteiger partial charge in [-0.15, -0.1) is 0 Å². The Morgan fingerprint density at radius 1 is 1.22 bits per heavy atom. The molecule has 27 heavy (non-hydrogen) atoms. The fourth-order valence-corrected chi connectivity index (χ4v) is 3.16. The lowest BCUT2D eigenvalue weighted by atomic mass is 10.2. The van der Waals surface area contributed by atoms with Gasteiger partial charge in [0.05, 0.1) is 12.2 Å². The van der Waals surface area contributed by atoms with E-state index in [1.54, 1.807) is 0 Å². The molecule has 0 aliphatic rings. The van der Waals surface area contributed by atoms with Crippen molar-refractivity contribution in [2.24, 2.45) is 0 Å². The zero-order valence-corrected chi connectivity index (χ0v) is 17.2. The maximum Gasteiger partial charge on any atom is 0.172 e. The number of nitrogens with one attached hydrogen (secondary N) is 2. The molecule has 0 fully saturated rings. The summed E-state index contributed by atoms with van der Waals surface area (Å²) in [4.78, 5) is 0. The second kappa shape index (κ2) is 8.54. The van der Waals surface area contributed by atoms with Crippen LogP contribution in [-0.4, -0.2) is 24.7 Å². The zero-order chi connectivity index (χ0) is 19.4. The number of thiocarbonyl (C=S) groups is 1. The molecule has 0 amide bonds. The fourth-order valence-electron chi connectivity index (χ4n) is 2.77. The van der Waals surface area contributed by atoms with Crippen molar-refractivity contribution in [2.75, 3.05) is 5.32 Å². The lowest BCUT2D eigenvalue weighted by Gasteiger charge is -2.08. The summed E-state index contributed by atoms with van der Waals surface area (Å²) in [5.41, 5.74) is 4.28. The minimum absolute atomic E-state index is 0.533. The third kappa shape index (κ3) is 5.08. The molecule has 6 nitrogen and oxygen atoms in total. The minimum atomic E-state index is 0.533. The number of rotatable bonds is 6. The van der Waals surface area contributed by atoms with Gasteiger partial charge in [0.1, 0.15) is 0 Å². The summed E-state index contributed by atoms with van der Waals surface area (Å²) >= 11 is 11.5. The van der Waals surface area contributed by atoms with Crippen molar-refractivity contribution in [3.8, 4) is 0 Å². The highest BCUT2D eigenvalue weighted by molar-refractivity contribution is 7.80. The number of halogens is 1. The summed E-state index contributed by atoms with van der Waals surface area (Å²) in [5, 5.41) is 16.6. The number of hydrogen-bond acceptors (Lipinski definition) is 3. The van der Waals surface area contributed by atoms with Crippen LogP contribution in [0.2, 0.25) is 5.02 Å². The third-order valence-corrected chi connectivity index (χ3v) is 4.74. The number of nitrogens with zero attached hydrogens (tertiary/aromatic N) is 4. The molecule has 0 spiro atoms. The molecule has 0 bridgehead atoms. The summed E-state index contributed by atoms with van der Waals surface area (Å²) in [6.07, 6.45) is 2.04. The van der Waals surface area contributed by atoms with Crippen LogP contribution in [0.15, 0.2) is 36.5 Å². The average Bonchev–Trinajstić information content (AvgIpc) is 3.15. The van der Waals surface area contributed by atoms with Crippen molar-refractivity contribution >= 4 is 34.7 Å². The molecule has 0 radical (unpaired) electrons. The molecule has 0 atom stereocenters. The SMILES string of the molecule is CCn1cc(CNC(=S)Nc2cc(C)n(Cc3cccc(Cl)c3)n2)c(C)n1. The summed E-state index contributed by atoms with van der Waals surface area (Å²) in [6.45, 7) is 8.22. The quantitative estimate of drug-likeness (QED) is 0.612. The van der Waals surface area contributed by atoms with Crippen LogP contribution in [0, 0.1) is 13.8 Å². The first-order valence-electron chi connectivity index (χ1n) is 8.81. The van der Waals surface area contributed by atoms with Gasteiger partial charge in [0, 0.05) is 41.6 Å². The molecule has 2 N–H and O–H groups in total. The van der Waals surface area contributed by atoms with E-state index in [1.807, 2.05) is 59.7 Å². The van der Waals surface area contributed by atoms with E-state index in [0.29, 0.717) is 24.0 Å². The van der Waals surface area contributed by atoms with E-state index in [-0.39, 0.29) is 0 Å². The minimum Gasteiger partial charge on any atom is -0.358 e. The van der Waals surface area contributed by atoms with E-state index >= 15 is 0 Å². The molecule has 0 saturated carbocycles. The second-order valence-corrected chi connectivity index (χ2v) is 7.21. The van der Waals surface area contributed by atoms with Gasteiger partial charge in [-0.25, -0.2) is 0 Å². The van der Waals surface area contributed by atoms with Gasteiger partial charge in [-0.05, 0) is 50.7 Å². The number of aromatic nitrogens is 4. The molecular formula is C19H23ClN6S. The number of hydrogen-bond donors (Lipinski definition) is 2. The van der Waals surface area contributed by atoms with Crippen LogP contribution in [-0.2, 0) is 19.6 Å². The van der Waals surface area contributed by atoms with Crippen molar-refractivity contribution in [1.29, 1.82) is 0 Å². The van der Waals surface area contributed by atoms with Gasteiger partial charge >= 0.3 is 0 Å². The Labute approximate surface area is 169 Å². The summed E-state index contributed by atoms with van der Waals surface area (Å²) in [7, 11) is 0. The predicted octanol–water partition coefficient (Wildman–Crippen LogP) is 3.90. The van der Waals surface area contributed by atoms with E-state index in [4.69, 9.17) is 23.8 Å². The van der Waals surface area contributed by atoms with Crippen LogP contribution < -0.4 is 10.6 Å². The lowest BCUT2D eigenvalue weighted by Crippen LogP contribution is -2.28. The molecule has 142 valence electrons. The lowest BCUT2D eigenvalue weighted by molar-refractivity contribution is 0.653. The first-order chi connectivity index (χ1) is 12.9. The highest BCUT2D eigenvalue weighted by Crippen LogP contribution is 2.15. The highest BCUT2D eigenvalue weighted by Gasteiger charge is 2.08. The average molecular weight is 403 g/mol. The van der Waals surface area contributed by atoms with Gasteiger partial charge in [-0.1, -0.05) is 23.7 Å². The molecule has 0 aliphatic carbocycles. The van der Waals surface area contributed by atoms with Gasteiger partial charge in [0.2, 0.25) is 0 Å². The molecule has 0 aliphatic heterocycles. The molecule has 0 unspecified atom stereocenters. The van der Waals surface area contributed by atoms with E-state index in [9.17, 15) is 0 Å². The Balaban J connectivity index is 1.59. The van der Waals surface area contributed by atoms with E-state index in [1.165, 1.54) is 0 Å². The normalized spacial score (nSPS) is 10.8. The van der Waals surface area contributed by atoms with Crippen molar-refractivity contribution in [3.63, 3.8) is 0 Å². The first kappa shape index (κ1) is 19.4. The molecule has 0 saturated heterocycles. The van der Waals surface area contributed by atoms with E-state index < -0.39 is 0 Å². The molecular weight excluding hydrogens is 380 g/mol. The Hall–Kier alpha value is -2.38. The number of anilines is 1. The standard InChI is InChI=1S/C19H23ClN6S/c1-4-25-12-16(14(3)23-25)10-21-19(27)22-18-8-13(2)26(24-18)11-15-6-5-7-17(20)9-15/h5-9,12H,4,10-11H2,1-3H3,(H2,21,22,24,27). The molecule has 3 rings (SSSR count). The van der Waals surface area contributed by atoms with E-state index in [2.05, 4.69) is 27.8 Å². The van der Waals surface area contributed by atoms with Crippen molar-refractivity contribution < 1.29 is 0 Å². The maximum absolute atomic E-state index is 6.06. The molecule has 2 aromatic heterocycles. The summed E-state index contributed by atoms with van der Waals surface area (Å²) in [5.74, 6) is 0.716. The highest BCUT2D eigenvalue weighted by atomic mass is 35.5. The van der Waals surface area contributed by atoms with Gasteiger partial charge in [0.15, 0.2) is 10.9 Å². The summed E-state index contributed by atoms with van der Waals surface area (Å²) in [6, 6.07) is 9.76. The molecule has 3 aromatic rings. The van der Waals surface area contributed by atoms with Crippen LogP contribution >= 0.6 is 23.8 Å². The van der Waals surface area contributed by atoms with Gasteiger partial charge in [0.25, 0.3) is 0 Å². The Bertz CT molecular complexity index is 946. The van der Waals surface area contributed by atoms with Crippen LogP contribution in [0.3, 0.4) is 0 Å². The Kier molecular flexibility index (Phi) is 6.13. The molecule has 8 heteroatoms. The molecule has 2 heterocycles. The van der Waals surface area contributed by atoms with Crippen LogP contribution in [0.1, 0.15) is 29.4 Å². The van der Waals surface area contributed by atoms with Gasteiger partial charge in [-0.2, -0.15) is 10.2 Å². The third-order valence-electron chi connectivity index (χ3n) is 4.26. The predicted molar refractivity (Wildman–Crippen MR) is 113 cm³/mol. The maximum atomic E-state index is 6.06. The first-order valence-corrected chi connectivity index (χ1v) is 9.60. The zero-order valence-electron chi connectivity index (χ0n) is 15.7. The fraction of sp³-hybridized carbons (Fsp3) is 0.316. The second-order valence-electron chi connectivity index (χ2n) is 6.36. The van der Waals surface area contributed by atoms with Crippen LogP contribution in [0.5, 0.6) is 0 Å². The number of aryl methyl sites for hydroxylation is 3. The van der Waals surface area contributed by atoms with Crippen LogP contribution in [0.25, 0.3) is 0 Å². The smallest absolute Gasteiger partial charge is 0.172 e. The largest absolute Gasteiger partial charge is 0.358 e. The van der Waals surface area contributed by atoms with Gasteiger partial charge < -0.3 is 10.6 Å². The van der Waals surface area contributed by atoms with Crippen molar-refractivity contribution in [1.82, 2.24) is 24.9 Å². The topological polar surface area (TPSA) is 59.7 Å². The Morgan fingerprint density at radius 2 is 2.04 bits per heavy atom.